The third kappa shape index (κ3) is 4.63. The molecule has 0 spiro atoms. The third-order valence-corrected chi connectivity index (χ3v) is 5.04. The molecule has 1 atom stereocenters. The topological polar surface area (TPSA) is 110 Å². The molecule has 0 aliphatic carbocycles. The molecule has 8 nitrogen and oxygen atoms in total. The molecule has 12 heteroatoms. The Balaban J connectivity index is 2.00. The molecule has 1 unspecified atom stereocenters. The summed E-state index contributed by atoms with van der Waals surface area (Å²) in [4.78, 5) is 33.0. The lowest BCUT2D eigenvalue weighted by Gasteiger charge is -2.38. The van der Waals surface area contributed by atoms with Gasteiger partial charge in [-0.3, -0.25) is 14.7 Å². The number of pyridine rings is 1. The molecular formula is C19H17BrF3N5O3. The largest absolute Gasteiger partial charge is 0.453 e. The minimum Gasteiger partial charge on any atom is -0.453 e. The van der Waals surface area contributed by atoms with Crippen molar-refractivity contribution < 1.29 is 27.5 Å². The molecule has 1 aliphatic rings. The lowest BCUT2D eigenvalue weighted by Crippen LogP contribution is -2.55. The van der Waals surface area contributed by atoms with Gasteiger partial charge < -0.3 is 15.8 Å². The molecule has 1 aliphatic heterocycles. The Morgan fingerprint density at radius 3 is 2.68 bits per heavy atom. The van der Waals surface area contributed by atoms with Crippen LogP contribution in [-0.2, 0) is 10.3 Å². The minimum atomic E-state index is -3.22. The summed E-state index contributed by atoms with van der Waals surface area (Å²) in [6.07, 6.45) is -2.71. The number of hydrogen-bond donors (Lipinski definition) is 2. The van der Waals surface area contributed by atoms with E-state index in [2.05, 4.69) is 36.0 Å². The van der Waals surface area contributed by atoms with E-state index in [1.807, 2.05) is 0 Å². The van der Waals surface area contributed by atoms with Crippen molar-refractivity contribution in [1.29, 1.82) is 0 Å². The number of nitrogens with zero attached hydrogens (tertiary/aromatic N) is 3. The zero-order valence-corrected chi connectivity index (χ0v) is 17.7. The molecule has 3 rings (SSSR count). The first-order valence-corrected chi connectivity index (χ1v) is 9.63. The van der Waals surface area contributed by atoms with E-state index in [1.54, 1.807) is 6.07 Å². The summed E-state index contributed by atoms with van der Waals surface area (Å²) in [6, 6.07) is 6.22. The number of methoxy groups -OCH3 is 1. The van der Waals surface area contributed by atoms with Gasteiger partial charge in [-0.05, 0) is 46.3 Å². The summed E-state index contributed by atoms with van der Waals surface area (Å²) in [5, 5.41) is 2.48. The number of rotatable bonds is 4. The highest BCUT2D eigenvalue weighted by Gasteiger charge is 2.49. The molecule has 0 radical (unpaired) electrons. The van der Waals surface area contributed by atoms with E-state index in [0.717, 1.165) is 24.1 Å². The van der Waals surface area contributed by atoms with Gasteiger partial charge in [-0.2, -0.15) is 0 Å². The molecule has 2 aromatic rings. The molecule has 2 amide bonds. The standard InChI is InChI=1S/C19H17BrF3N5O3/c1-31-18(30)28-8-15(24)27-19(9-28,17(22)23)12-6-11(3-4-13(12)21)26-16(29)14-5-2-10(20)7-25-14/h2-7,17H,8-9H2,1H3,(H2,24,27)(H,26,29). The van der Waals surface area contributed by atoms with E-state index in [9.17, 15) is 22.8 Å². The molecule has 0 saturated heterocycles. The second kappa shape index (κ2) is 8.92. The SMILES string of the molecule is COC(=O)N1CC(N)=NC(c2cc(NC(=O)c3ccc(Br)cn3)ccc2F)(C(F)F)C1. The van der Waals surface area contributed by atoms with Crippen LogP contribution in [0.25, 0.3) is 0 Å². The number of aromatic nitrogens is 1. The summed E-state index contributed by atoms with van der Waals surface area (Å²) in [5.41, 5.74) is 2.79. The first kappa shape index (κ1) is 22.5. The van der Waals surface area contributed by atoms with Crippen LogP contribution in [0.3, 0.4) is 0 Å². The van der Waals surface area contributed by atoms with Crippen molar-refractivity contribution in [2.24, 2.45) is 10.7 Å². The second-order valence-electron chi connectivity index (χ2n) is 6.66. The van der Waals surface area contributed by atoms with Gasteiger partial charge in [0.05, 0.1) is 20.2 Å². The zero-order valence-electron chi connectivity index (χ0n) is 16.1. The monoisotopic (exact) mass is 499 g/mol. The van der Waals surface area contributed by atoms with Gasteiger partial charge in [-0.15, -0.1) is 0 Å². The summed E-state index contributed by atoms with van der Waals surface area (Å²) in [5.74, 6) is -1.91. The van der Waals surface area contributed by atoms with E-state index in [0.29, 0.717) is 4.47 Å². The van der Waals surface area contributed by atoms with Crippen molar-refractivity contribution in [2.45, 2.75) is 12.0 Å². The fraction of sp³-hybridized carbons (Fsp3) is 0.263. The van der Waals surface area contributed by atoms with Crippen LogP contribution in [0.2, 0.25) is 0 Å². The number of hydrogen-bond acceptors (Lipinski definition) is 6. The first-order valence-electron chi connectivity index (χ1n) is 8.84. The molecule has 2 heterocycles. The van der Waals surface area contributed by atoms with Gasteiger partial charge in [0, 0.05) is 21.9 Å². The van der Waals surface area contributed by atoms with Crippen molar-refractivity contribution in [3.63, 3.8) is 0 Å². The number of alkyl halides is 2. The molecule has 1 aromatic heterocycles. The van der Waals surface area contributed by atoms with Gasteiger partial charge in [0.2, 0.25) is 0 Å². The summed E-state index contributed by atoms with van der Waals surface area (Å²) in [6.45, 7) is -0.908. The predicted octanol–water partition coefficient (Wildman–Crippen LogP) is 3.14. The summed E-state index contributed by atoms with van der Waals surface area (Å²) >= 11 is 3.20. The number of benzene rings is 1. The van der Waals surface area contributed by atoms with Gasteiger partial charge in [0.1, 0.15) is 17.3 Å². The smallest absolute Gasteiger partial charge is 0.409 e. The summed E-state index contributed by atoms with van der Waals surface area (Å²) in [7, 11) is 1.08. The van der Waals surface area contributed by atoms with E-state index in [1.165, 1.54) is 18.3 Å². The van der Waals surface area contributed by atoms with E-state index >= 15 is 0 Å². The molecule has 0 bridgehead atoms. The average molecular weight is 500 g/mol. The number of amidine groups is 1. The highest BCUT2D eigenvalue weighted by Crippen LogP contribution is 2.38. The number of anilines is 1. The van der Waals surface area contributed by atoms with E-state index < -0.39 is 41.9 Å². The number of carbonyl (C=O) groups excluding carboxylic acids is 2. The Bertz CT molecular complexity index is 1030. The van der Waals surface area contributed by atoms with Crippen LogP contribution in [0, 0.1) is 5.82 Å². The zero-order chi connectivity index (χ0) is 22.8. The van der Waals surface area contributed by atoms with Crippen molar-refractivity contribution >= 4 is 39.5 Å². The molecule has 3 N–H and O–H groups in total. The van der Waals surface area contributed by atoms with Gasteiger partial charge in [-0.25, -0.2) is 22.9 Å². The number of nitrogens with two attached hydrogens (primary N) is 1. The maximum Gasteiger partial charge on any atom is 0.409 e. The maximum absolute atomic E-state index is 14.7. The lowest BCUT2D eigenvalue weighted by atomic mass is 9.88. The van der Waals surface area contributed by atoms with E-state index in [4.69, 9.17) is 5.73 Å². The minimum absolute atomic E-state index is 0.0371. The molecular weight excluding hydrogens is 483 g/mol. The number of halogens is 4. The second-order valence-corrected chi connectivity index (χ2v) is 7.58. The Kier molecular flexibility index (Phi) is 6.48. The predicted molar refractivity (Wildman–Crippen MR) is 110 cm³/mol. The normalized spacial score (nSPS) is 18.5. The van der Waals surface area contributed by atoms with Crippen LogP contribution in [0.5, 0.6) is 0 Å². The average Bonchev–Trinajstić information content (AvgIpc) is 2.74. The fourth-order valence-corrected chi connectivity index (χ4v) is 3.38. The molecule has 0 saturated carbocycles. The van der Waals surface area contributed by atoms with Gasteiger partial charge >= 0.3 is 6.09 Å². The van der Waals surface area contributed by atoms with Crippen LogP contribution in [-0.4, -0.2) is 54.3 Å². The molecule has 164 valence electrons. The van der Waals surface area contributed by atoms with Gasteiger partial charge in [0.25, 0.3) is 12.3 Å². The van der Waals surface area contributed by atoms with Gasteiger partial charge in [0.15, 0.2) is 5.54 Å². The third-order valence-electron chi connectivity index (χ3n) is 4.57. The first-order chi connectivity index (χ1) is 14.7. The fourth-order valence-electron chi connectivity index (χ4n) is 3.15. The molecule has 1 aromatic carbocycles. The quantitative estimate of drug-likeness (QED) is 0.671. The highest BCUT2D eigenvalue weighted by atomic mass is 79.9. The van der Waals surface area contributed by atoms with Crippen molar-refractivity contribution in [3.8, 4) is 0 Å². The Hall–Kier alpha value is -3.15. The number of amides is 2. The van der Waals surface area contributed by atoms with Crippen LogP contribution >= 0.6 is 15.9 Å². The Labute approximate surface area is 183 Å². The molecule has 31 heavy (non-hydrogen) atoms. The van der Waals surface area contributed by atoms with Crippen molar-refractivity contribution in [1.82, 2.24) is 9.88 Å². The van der Waals surface area contributed by atoms with E-state index in [-0.39, 0.29) is 23.8 Å². The Morgan fingerprint density at radius 1 is 1.32 bits per heavy atom. The Morgan fingerprint density at radius 2 is 2.06 bits per heavy atom. The molecule has 0 fully saturated rings. The number of carbonyl (C=O) groups is 2. The number of ether oxygens (including phenoxy) is 1. The maximum atomic E-state index is 14.7. The highest BCUT2D eigenvalue weighted by molar-refractivity contribution is 9.10. The van der Waals surface area contributed by atoms with Gasteiger partial charge in [-0.1, -0.05) is 0 Å². The summed E-state index contributed by atoms with van der Waals surface area (Å²) < 4.78 is 48.4. The van der Waals surface area contributed by atoms with Crippen molar-refractivity contribution in [3.05, 3.63) is 58.1 Å². The van der Waals surface area contributed by atoms with Crippen LogP contribution in [0.1, 0.15) is 16.1 Å². The van der Waals surface area contributed by atoms with Crippen molar-refractivity contribution in [2.75, 3.05) is 25.5 Å². The lowest BCUT2D eigenvalue weighted by molar-refractivity contribution is 0.0231. The van der Waals surface area contributed by atoms with Crippen LogP contribution in [0.4, 0.5) is 23.7 Å². The van der Waals surface area contributed by atoms with Crippen LogP contribution in [0.15, 0.2) is 46.0 Å². The van der Waals surface area contributed by atoms with Crippen LogP contribution < -0.4 is 11.1 Å². The number of nitrogens with one attached hydrogen (secondary N) is 1. The number of aliphatic imine (C=N–C) groups is 1.